The number of carbonyl (C=O) groups excluding carboxylic acids is 1. The Labute approximate surface area is 193 Å². The van der Waals surface area contributed by atoms with Gasteiger partial charge in [0.05, 0.1) is 31.8 Å². The van der Waals surface area contributed by atoms with Crippen molar-refractivity contribution in [3.63, 3.8) is 0 Å². The summed E-state index contributed by atoms with van der Waals surface area (Å²) in [5.41, 5.74) is 6.44. The van der Waals surface area contributed by atoms with Gasteiger partial charge < -0.3 is 26.4 Å². The largest absolute Gasteiger partial charge is 0.381 e. The Morgan fingerprint density at radius 2 is 1.88 bits per heavy atom. The molecule has 0 radical (unpaired) electrons. The lowest BCUT2D eigenvalue weighted by molar-refractivity contribution is -0.0842. The molecule has 182 valence electrons. The predicted octanol–water partition coefficient (Wildman–Crippen LogP) is -0.658. The zero-order valence-electron chi connectivity index (χ0n) is 19.0. The van der Waals surface area contributed by atoms with E-state index in [1.165, 1.54) is 17.5 Å². The minimum absolute atomic E-state index is 0.0112. The Balaban J connectivity index is 1.19. The average Bonchev–Trinajstić information content (AvgIpc) is 3.55. The van der Waals surface area contributed by atoms with Crippen LogP contribution in [0.25, 0.3) is 0 Å². The van der Waals surface area contributed by atoms with E-state index in [-0.39, 0.29) is 30.9 Å². The lowest BCUT2D eigenvalue weighted by Gasteiger charge is -2.50. The van der Waals surface area contributed by atoms with E-state index in [9.17, 15) is 9.18 Å². The van der Waals surface area contributed by atoms with Gasteiger partial charge in [0.25, 0.3) is 5.91 Å². The van der Waals surface area contributed by atoms with Gasteiger partial charge in [-0.1, -0.05) is 0 Å². The van der Waals surface area contributed by atoms with Crippen LogP contribution in [0.2, 0.25) is 0 Å². The van der Waals surface area contributed by atoms with Gasteiger partial charge in [-0.15, -0.1) is 0 Å². The second-order valence-electron chi connectivity index (χ2n) is 10.3. The van der Waals surface area contributed by atoms with E-state index < -0.39 is 6.17 Å². The quantitative estimate of drug-likeness (QED) is 0.456. The fourth-order valence-electron chi connectivity index (χ4n) is 6.13. The van der Waals surface area contributed by atoms with E-state index in [1.54, 1.807) is 0 Å². The smallest absolute Gasteiger partial charge is 0.259 e. The Bertz CT molecular complexity index is 880. The summed E-state index contributed by atoms with van der Waals surface area (Å²) in [5.74, 6) is 1.72. The summed E-state index contributed by atoms with van der Waals surface area (Å²) < 4.78 is 20.6. The first-order chi connectivity index (χ1) is 16.1. The van der Waals surface area contributed by atoms with Gasteiger partial charge in [0, 0.05) is 45.3 Å². The molecule has 5 aliphatic rings. The Kier molecular flexibility index (Phi) is 5.68. The molecule has 1 aromatic heterocycles. The normalized spacial score (nSPS) is 33.7. The summed E-state index contributed by atoms with van der Waals surface area (Å²) in [4.78, 5) is 18.6. The van der Waals surface area contributed by atoms with Crippen LogP contribution >= 0.6 is 0 Å². The molecule has 10 nitrogen and oxygen atoms in total. The van der Waals surface area contributed by atoms with Crippen molar-refractivity contribution in [2.24, 2.45) is 11.8 Å². The molecule has 0 bridgehead atoms. The molecule has 0 aromatic carbocycles. The first-order valence-corrected chi connectivity index (χ1v) is 12.4. The number of alkyl halides is 1. The van der Waals surface area contributed by atoms with E-state index >= 15 is 0 Å². The predicted molar refractivity (Wildman–Crippen MR) is 122 cm³/mol. The van der Waals surface area contributed by atoms with E-state index in [0.717, 1.165) is 58.4 Å². The maximum atomic E-state index is 13.8. The first-order valence-electron chi connectivity index (χ1n) is 12.4. The molecule has 4 atom stereocenters. The molecule has 4 aliphatic heterocycles. The van der Waals surface area contributed by atoms with Gasteiger partial charge in [0.15, 0.2) is 5.82 Å². The van der Waals surface area contributed by atoms with Crippen LogP contribution in [0.1, 0.15) is 23.2 Å². The summed E-state index contributed by atoms with van der Waals surface area (Å²) in [6, 6.07) is 0.865. The first kappa shape index (κ1) is 21.6. The van der Waals surface area contributed by atoms with Gasteiger partial charge in [0.1, 0.15) is 17.6 Å². The fourth-order valence-corrected chi connectivity index (χ4v) is 6.13. The highest BCUT2D eigenvalue weighted by Gasteiger charge is 2.46. The molecule has 4 unspecified atom stereocenters. The standard InChI is InChI=1S/C22H35FN8O2/c23-14-7-26-21-18(20(24)28-31(21)10-14)22(32)27-17-9-25-8-16(13-1-2-13)19(17)30-5-3-29(4-6-30)15-11-33-12-15/h13-17,19,25-26H,1-12H2,(H2,24,28)(H,27,32). The summed E-state index contributed by atoms with van der Waals surface area (Å²) >= 11 is 0. The molecular weight excluding hydrogens is 427 g/mol. The molecular formula is C22H35FN8O2. The highest BCUT2D eigenvalue weighted by atomic mass is 19.1. The number of carbonyl (C=O) groups is 1. The van der Waals surface area contributed by atoms with Crippen LogP contribution in [-0.4, -0.2) is 109 Å². The lowest BCUT2D eigenvalue weighted by atomic mass is 9.84. The third-order valence-electron chi connectivity index (χ3n) is 8.12. The van der Waals surface area contributed by atoms with E-state index in [1.807, 2.05) is 0 Å². The molecule has 5 N–H and O–H groups in total. The van der Waals surface area contributed by atoms with Crippen molar-refractivity contribution in [2.75, 3.05) is 70.1 Å². The third kappa shape index (κ3) is 4.09. The number of amides is 1. The average molecular weight is 463 g/mol. The second kappa shape index (κ2) is 8.68. The van der Waals surface area contributed by atoms with Crippen molar-refractivity contribution >= 4 is 17.5 Å². The number of ether oxygens (including phenoxy) is 1. The molecule has 11 heteroatoms. The fraction of sp³-hybridized carbons (Fsp3) is 0.818. The number of nitrogen functional groups attached to an aromatic ring is 1. The van der Waals surface area contributed by atoms with E-state index in [0.29, 0.717) is 29.4 Å². The van der Waals surface area contributed by atoms with Crippen LogP contribution in [0.4, 0.5) is 16.0 Å². The number of aromatic nitrogens is 2. The third-order valence-corrected chi connectivity index (χ3v) is 8.12. The van der Waals surface area contributed by atoms with E-state index in [2.05, 4.69) is 30.8 Å². The topological polar surface area (TPSA) is 113 Å². The summed E-state index contributed by atoms with van der Waals surface area (Å²) in [7, 11) is 0. The molecule has 5 heterocycles. The SMILES string of the molecule is Nc1nn2c(c1C(=O)NC1CNCC(C3CC3)C1N1CCN(C3COC3)CC1)NCC(F)C2. The Hall–Kier alpha value is -1.95. The molecule has 1 saturated carbocycles. The van der Waals surface area contributed by atoms with Crippen LogP contribution in [0.3, 0.4) is 0 Å². The number of hydrogen-bond donors (Lipinski definition) is 4. The minimum atomic E-state index is -1.04. The van der Waals surface area contributed by atoms with Gasteiger partial charge in [-0.2, -0.15) is 5.10 Å². The number of piperazine rings is 1. The molecule has 0 spiro atoms. The zero-order chi connectivity index (χ0) is 22.5. The highest BCUT2D eigenvalue weighted by Crippen LogP contribution is 2.41. The van der Waals surface area contributed by atoms with Crippen molar-refractivity contribution in [3.8, 4) is 0 Å². The number of anilines is 2. The Morgan fingerprint density at radius 3 is 2.58 bits per heavy atom. The van der Waals surface area contributed by atoms with Gasteiger partial charge in [-0.25, -0.2) is 9.07 Å². The molecule has 3 saturated heterocycles. The summed E-state index contributed by atoms with van der Waals surface area (Å²) in [6.45, 7) is 7.86. The van der Waals surface area contributed by atoms with Crippen LogP contribution in [-0.2, 0) is 11.3 Å². The maximum absolute atomic E-state index is 13.8. The number of nitrogens with two attached hydrogens (primary N) is 1. The molecule has 33 heavy (non-hydrogen) atoms. The molecule has 6 rings (SSSR count). The number of hydrogen-bond acceptors (Lipinski definition) is 8. The zero-order valence-corrected chi connectivity index (χ0v) is 19.0. The van der Waals surface area contributed by atoms with Crippen molar-refractivity contribution in [3.05, 3.63) is 5.56 Å². The van der Waals surface area contributed by atoms with Crippen molar-refractivity contribution in [1.82, 2.24) is 30.2 Å². The van der Waals surface area contributed by atoms with Crippen LogP contribution in [0, 0.1) is 11.8 Å². The van der Waals surface area contributed by atoms with Crippen LogP contribution in [0.5, 0.6) is 0 Å². The monoisotopic (exact) mass is 462 g/mol. The van der Waals surface area contributed by atoms with Gasteiger partial charge in [-0.05, 0) is 31.2 Å². The molecule has 1 aromatic rings. The minimum Gasteiger partial charge on any atom is -0.381 e. The lowest BCUT2D eigenvalue weighted by Crippen LogP contribution is -2.67. The van der Waals surface area contributed by atoms with Crippen molar-refractivity contribution in [1.29, 1.82) is 0 Å². The van der Waals surface area contributed by atoms with Gasteiger partial charge >= 0.3 is 0 Å². The maximum Gasteiger partial charge on any atom is 0.259 e. The summed E-state index contributed by atoms with van der Waals surface area (Å²) in [5, 5.41) is 14.1. The second-order valence-corrected chi connectivity index (χ2v) is 10.3. The van der Waals surface area contributed by atoms with Crippen LogP contribution in [0.15, 0.2) is 0 Å². The highest BCUT2D eigenvalue weighted by molar-refractivity contribution is 6.03. The molecule has 4 fully saturated rings. The number of halogens is 1. The number of rotatable bonds is 5. The van der Waals surface area contributed by atoms with E-state index in [4.69, 9.17) is 10.5 Å². The number of piperidine rings is 1. The summed E-state index contributed by atoms with van der Waals surface area (Å²) in [6.07, 6.45) is 1.52. The number of fused-ring (bicyclic) bond motifs is 1. The Morgan fingerprint density at radius 1 is 1.12 bits per heavy atom. The van der Waals surface area contributed by atoms with Crippen molar-refractivity contribution in [2.45, 2.75) is 43.7 Å². The van der Waals surface area contributed by atoms with Gasteiger partial charge in [-0.3, -0.25) is 14.6 Å². The molecule has 1 amide bonds. The van der Waals surface area contributed by atoms with Crippen molar-refractivity contribution < 1.29 is 13.9 Å². The molecule has 1 aliphatic carbocycles. The van der Waals surface area contributed by atoms with Gasteiger partial charge in [0.2, 0.25) is 0 Å². The van der Waals surface area contributed by atoms with Crippen LogP contribution < -0.4 is 21.7 Å². The number of nitrogens with one attached hydrogen (secondary N) is 3. The number of nitrogens with zero attached hydrogens (tertiary/aromatic N) is 4.